The zero-order valence-electron chi connectivity index (χ0n) is 6.59. The number of rotatable bonds is 3. The van der Waals surface area contributed by atoms with Gasteiger partial charge in [-0.3, -0.25) is 4.99 Å². The minimum Gasteiger partial charge on any atom is -0.477 e. The Bertz CT molecular complexity index is 150. The molecule has 0 aromatic rings. The Morgan fingerprint density at radius 1 is 1.60 bits per heavy atom. The highest BCUT2D eigenvalue weighted by molar-refractivity contribution is 6.35. The molecule has 0 aromatic heterocycles. The van der Waals surface area contributed by atoms with Crippen LogP contribution in [-0.2, 0) is 4.79 Å². The average Bonchev–Trinajstić information content (AvgIpc) is 1.81. The molecule has 0 bridgehead atoms. The van der Waals surface area contributed by atoms with Crippen LogP contribution in [0.25, 0.3) is 0 Å². The molecule has 3 heteroatoms. The minimum absolute atomic E-state index is 0.259. The fourth-order valence-electron chi connectivity index (χ4n) is 0.661. The molecule has 0 atom stereocenters. The molecule has 58 valence electrons. The standard InChI is InChI=1S/C7H13NO2/c1-5(2)4-6(8-3)7(9)10/h5H,4H2,1-3H3,(H,9,10). The van der Waals surface area contributed by atoms with Crippen molar-refractivity contribution in [3.63, 3.8) is 0 Å². The van der Waals surface area contributed by atoms with E-state index in [2.05, 4.69) is 4.99 Å². The molecule has 1 N–H and O–H groups in total. The van der Waals surface area contributed by atoms with E-state index in [-0.39, 0.29) is 5.71 Å². The predicted octanol–water partition coefficient (Wildman–Crippen LogP) is 1.19. The van der Waals surface area contributed by atoms with Crippen molar-refractivity contribution in [2.24, 2.45) is 10.9 Å². The number of hydrogen-bond donors (Lipinski definition) is 1. The van der Waals surface area contributed by atoms with Gasteiger partial charge in [-0.05, 0) is 12.3 Å². The van der Waals surface area contributed by atoms with Gasteiger partial charge in [-0.25, -0.2) is 4.79 Å². The third kappa shape index (κ3) is 3.22. The number of carbonyl (C=O) groups is 1. The Hall–Kier alpha value is -0.860. The highest BCUT2D eigenvalue weighted by Crippen LogP contribution is 2.01. The predicted molar refractivity (Wildman–Crippen MR) is 40.4 cm³/mol. The molecule has 0 aliphatic heterocycles. The minimum atomic E-state index is -0.906. The second-order valence-electron chi connectivity index (χ2n) is 2.57. The summed E-state index contributed by atoms with van der Waals surface area (Å²) in [5.74, 6) is -0.550. The zero-order valence-corrected chi connectivity index (χ0v) is 6.59. The molecular formula is C7H13NO2. The summed E-state index contributed by atoms with van der Waals surface area (Å²) in [5.41, 5.74) is 0.259. The molecule has 0 radical (unpaired) electrons. The summed E-state index contributed by atoms with van der Waals surface area (Å²) in [5, 5.41) is 8.49. The second kappa shape index (κ2) is 4.04. The first-order valence-corrected chi connectivity index (χ1v) is 3.27. The van der Waals surface area contributed by atoms with E-state index in [1.807, 2.05) is 13.8 Å². The Labute approximate surface area is 60.8 Å². The molecule has 0 saturated heterocycles. The average molecular weight is 143 g/mol. The number of aliphatic imine (C=N–C) groups is 1. The summed E-state index contributed by atoms with van der Waals surface area (Å²) in [6.45, 7) is 3.93. The van der Waals surface area contributed by atoms with Gasteiger partial charge in [0.1, 0.15) is 5.71 Å². The summed E-state index contributed by atoms with van der Waals surface area (Å²) in [4.78, 5) is 14.0. The van der Waals surface area contributed by atoms with Gasteiger partial charge in [0.15, 0.2) is 0 Å². The molecule has 0 spiro atoms. The van der Waals surface area contributed by atoms with E-state index in [1.165, 1.54) is 7.05 Å². The molecule has 0 fully saturated rings. The lowest BCUT2D eigenvalue weighted by Gasteiger charge is -2.02. The first-order valence-electron chi connectivity index (χ1n) is 3.27. The first kappa shape index (κ1) is 9.14. The molecule has 0 aliphatic carbocycles. The quantitative estimate of drug-likeness (QED) is 0.603. The molecule has 10 heavy (non-hydrogen) atoms. The maximum absolute atomic E-state index is 10.3. The summed E-state index contributed by atoms with van der Waals surface area (Å²) in [6, 6.07) is 0. The van der Waals surface area contributed by atoms with Crippen LogP contribution >= 0.6 is 0 Å². The fraction of sp³-hybridized carbons (Fsp3) is 0.714. The molecule has 0 aliphatic rings. The monoisotopic (exact) mass is 143 g/mol. The van der Waals surface area contributed by atoms with Crippen LogP contribution in [0.1, 0.15) is 20.3 Å². The van der Waals surface area contributed by atoms with Gasteiger partial charge in [-0.2, -0.15) is 0 Å². The van der Waals surface area contributed by atoms with Crippen LogP contribution in [0.2, 0.25) is 0 Å². The van der Waals surface area contributed by atoms with Crippen LogP contribution in [0, 0.1) is 5.92 Å². The SMILES string of the molecule is CN=C(CC(C)C)C(=O)O. The second-order valence-corrected chi connectivity index (χ2v) is 2.57. The number of carboxylic acid groups (broad SMARTS) is 1. The van der Waals surface area contributed by atoms with Crippen molar-refractivity contribution < 1.29 is 9.90 Å². The van der Waals surface area contributed by atoms with Crippen LogP contribution < -0.4 is 0 Å². The summed E-state index contributed by atoms with van der Waals surface area (Å²) < 4.78 is 0. The molecule has 0 aromatic carbocycles. The van der Waals surface area contributed by atoms with Crippen LogP contribution in [0.3, 0.4) is 0 Å². The molecule has 3 nitrogen and oxygen atoms in total. The van der Waals surface area contributed by atoms with E-state index in [9.17, 15) is 4.79 Å². The fourth-order valence-corrected chi connectivity index (χ4v) is 0.661. The van der Waals surface area contributed by atoms with Gasteiger partial charge in [0, 0.05) is 7.05 Å². The Kier molecular flexibility index (Phi) is 3.69. The lowest BCUT2D eigenvalue weighted by molar-refractivity contribution is -0.129. The van der Waals surface area contributed by atoms with Gasteiger partial charge in [-0.1, -0.05) is 13.8 Å². The molecular weight excluding hydrogens is 130 g/mol. The van der Waals surface area contributed by atoms with E-state index in [4.69, 9.17) is 5.11 Å². The van der Waals surface area contributed by atoms with Gasteiger partial charge < -0.3 is 5.11 Å². The maximum atomic E-state index is 10.3. The van der Waals surface area contributed by atoms with E-state index in [0.717, 1.165) is 0 Å². The molecule has 0 saturated carbocycles. The van der Waals surface area contributed by atoms with E-state index >= 15 is 0 Å². The summed E-state index contributed by atoms with van der Waals surface area (Å²) >= 11 is 0. The normalized spacial score (nSPS) is 12.2. The molecule has 0 amide bonds. The lowest BCUT2D eigenvalue weighted by atomic mass is 10.1. The Morgan fingerprint density at radius 2 is 2.10 bits per heavy atom. The first-order chi connectivity index (χ1) is 4.57. The van der Waals surface area contributed by atoms with Crippen LogP contribution in [0.15, 0.2) is 4.99 Å². The zero-order chi connectivity index (χ0) is 8.15. The van der Waals surface area contributed by atoms with Gasteiger partial charge in [0.2, 0.25) is 0 Å². The summed E-state index contributed by atoms with van der Waals surface area (Å²) in [7, 11) is 1.51. The van der Waals surface area contributed by atoms with Crippen LogP contribution in [-0.4, -0.2) is 23.8 Å². The Morgan fingerprint density at radius 3 is 2.20 bits per heavy atom. The third-order valence-electron chi connectivity index (χ3n) is 1.12. The van der Waals surface area contributed by atoms with Gasteiger partial charge in [-0.15, -0.1) is 0 Å². The Balaban J connectivity index is 3.99. The number of aliphatic carboxylic acids is 1. The molecule has 0 unspecified atom stereocenters. The van der Waals surface area contributed by atoms with Crippen LogP contribution in [0.5, 0.6) is 0 Å². The van der Waals surface area contributed by atoms with Crippen molar-refractivity contribution in [3.8, 4) is 0 Å². The summed E-state index contributed by atoms with van der Waals surface area (Å²) in [6.07, 6.45) is 0.547. The van der Waals surface area contributed by atoms with Crippen molar-refractivity contribution >= 4 is 11.7 Å². The van der Waals surface area contributed by atoms with E-state index in [0.29, 0.717) is 12.3 Å². The number of carboxylic acids is 1. The van der Waals surface area contributed by atoms with Crippen LogP contribution in [0.4, 0.5) is 0 Å². The van der Waals surface area contributed by atoms with Crippen molar-refractivity contribution in [3.05, 3.63) is 0 Å². The van der Waals surface area contributed by atoms with Crippen molar-refractivity contribution in [2.45, 2.75) is 20.3 Å². The van der Waals surface area contributed by atoms with E-state index < -0.39 is 5.97 Å². The smallest absolute Gasteiger partial charge is 0.349 e. The highest BCUT2D eigenvalue weighted by atomic mass is 16.4. The topological polar surface area (TPSA) is 49.7 Å². The third-order valence-corrected chi connectivity index (χ3v) is 1.12. The van der Waals surface area contributed by atoms with Gasteiger partial charge in [0.25, 0.3) is 0 Å². The van der Waals surface area contributed by atoms with Gasteiger partial charge >= 0.3 is 5.97 Å². The van der Waals surface area contributed by atoms with Crippen molar-refractivity contribution in [1.82, 2.24) is 0 Å². The highest BCUT2D eigenvalue weighted by Gasteiger charge is 2.09. The van der Waals surface area contributed by atoms with Gasteiger partial charge in [0.05, 0.1) is 0 Å². The van der Waals surface area contributed by atoms with E-state index in [1.54, 1.807) is 0 Å². The maximum Gasteiger partial charge on any atom is 0.349 e. The van der Waals surface area contributed by atoms with Crippen molar-refractivity contribution in [2.75, 3.05) is 7.05 Å². The van der Waals surface area contributed by atoms with Crippen molar-refractivity contribution in [1.29, 1.82) is 0 Å². The number of hydrogen-bond acceptors (Lipinski definition) is 2. The lowest BCUT2D eigenvalue weighted by Crippen LogP contribution is -2.14. The largest absolute Gasteiger partial charge is 0.477 e. The molecule has 0 rings (SSSR count). The number of nitrogens with zero attached hydrogens (tertiary/aromatic N) is 1. The molecule has 0 heterocycles.